The Kier molecular flexibility index (Phi) is 10.5. The molecular weight excluding hydrogens is 266 g/mol. The van der Waals surface area contributed by atoms with Crippen molar-refractivity contribution in [3.05, 3.63) is 63.2 Å². The maximum absolute atomic E-state index is 9.39. The summed E-state index contributed by atoms with van der Waals surface area (Å²) in [5.41, 5.74) is 0. The van der Waals surface area contributed by atoms with E-state index in [0.29, 0.717) is 0 Å². The molecule has 0 bridgehead atoms. The summed E-state index contributed by atoms with van der Waals surface area (Å²) in [4.78, 5) is 2.10. The van der Waals surface area contributed by atoms with Crippen LogP contribution in [0.25, 0.3) is 0 Å². The van der Waals surface area contributed by atoms with E-state index in [1.54, 1.807) is 6.92 Å². The van der Waals surface area contributed by atoms with Crippen LogP contribution in [0.1, 0.15) is 6.92 Å². The topological polar surface area (TPSA) is 23.5 Å². The average molecular weight is 287 g/mol. The van der Waals surface area contributed by atoms with Crippen molar-refractivity contribution in [2.24, 2.45) is 0 Å². The molecule has 0 spiro atoms. The third kappa shape index (κ3) is 7.13. The van der Waals surface area contributed by atoms with E-state index in [1.165, 1.54) is 5.92 Å². The van der Waals surface area contributed by atoms with Crippen LogP contribution in [-0.4, -0.2) is 36.8 Å². The predicted octanol–water partition coefficient (Wildman–Crippen LogP) is 1.72. The van der Waals surface area contributed by atoms with Crippen molar-refractivity contribution in [2.75, 3.05) is 20.6 Å². The van der Waals surface area contributed by atoms with Crippen LogP contribution >= 0.6 is 0 Å². The minimum Gasteiger partial charge on any atom is -0.393 e. The van der Waals surface area contributed by atoms with Crippen molar-refractivity contribution in [3.63, 3.8) is 0 Å². The van der Waals surface area contributed by atoms with E-state index in [2.05, 4.69) is 11.3 Å². The van der Waals surface area contributed by atoms with Gasteiger partial charge < -0.3 is 10.0 Å². The van der Waals surface area contributed by atoms with E-state index in [0.717, 1.165) is 12.5 Å². The van der Waals surface area contributed by atoms with E-state index in [1.807, 2.05) is 59.0 Å². The van der Waals surface area contributed by atoms with Crippen LogP contribution in [0.2, 0.25) is 0 Å². The smallest absolute Gasteiger partial charge is 0.393 e. The summed E-state index contributed by atoms with van der Waals surface area (Å²) < 4.78 is 0. The van der Waals surface area contributed by atoms with E-state index in [4.69, 9.17) is 0 Å². The standard InChI is InChI=1S/C10H16NO.C5H5.Fe/c1-8(12)10-6-4-5-9(10)7-11(2)3;1-2-4-5-3-1;/h4-6,8,12H,7H2,1-3H3;1-5H;/q;;+2. The Balaban J connectivity index is 0.000000405. The largest absolute Gasteiger partial charge is 2.00 e. The molecule has 0 aromatic rings. The molecule has 0 aliphatic heterocycles. The Morgan fingerprint density at radius 1 is 1.00 bits per heavy atom. The number of nitrogens with zero attached hydrogens (tertiary/aromatic N) is 1. The van der Waals surface area contributed by atoms with Crippen molar-refractivity contribution in [1.29, 1.82) is 0 Å². The zero-order chi connectivity index (χ0) is 12.7. The molecule has 1 unspecified atom stereocenters. The van der Waals surface area contributed by atoms with E-state index >= 15 is 0 Å². The normalized spacial score (nSPS) is 22.5. The van der Waals surface area contributed by atoms with Crippen LogP contribution in [0.4, 0.5) is 0 Å². The summed E-state index contributed by atoms with van der Waals surface area (Å²) in [6, 6.07) is 0. The molecule has 2 rings (SSSR count). The molecule has 2 saturated carbocycles. The zero-order valence-electron chi connectivity index (χ0n) is 11.2. The Morgan fingerprint density at radius 2 is 1.50 bits per heavy atom. The fraction of sp³-hybridized carbons (Fsp3) is 0.333. The van der Waals surface area contributed by atoms with E-state index in [9.17, 15) is 5.11 Å². The van der Waals surface area contributed by atoms with Gasteiger partial charge in [-0.05, 0) is 72.4 Å². The first-order chi connectivity index (χ1) is 8.11. The van der Waals surface area contributed by atoms with Gasteiger partial charge in [-0.2, -0.15) is 0 Å². The minimum absolute atomic E-state index is 0. The van der Waals surface area contributed by atoms with E-state index < -0.39 is 0 Å². The second-order valence-corrected chi connectivity index (χ2v) is 4.38. The molecule has 2 aliphatic rings. The predicted molar refractivity (Wildman–Crippen MR) is 71.1 cm³/mol. The summed E-state index contributed by atoms with van der Waals surface area (Å²) in [7, 11) is 4.05. The van der Waals surface area contributed by atoms with Gasteiger partial charge in [0.05, 0.1) is 6.10 Å². The molecule has 2 nitrogen and oxygen atoms in total. The molecule has 1 atom stereocenters. The molecule has 2 fully saturated rings. The number of hydrogen-bond acceptors (Lipinski definition) is 2. The van der Waals surface area contributed by atoms with Gasteiger partial charge in [0, 0.05) is 18.4 Å². The Bertz CT molecular complexity index is 185. The molecule has 0 amide bonds. The second-order valence-electron chi connectivity index (χ2n) is 4.38. The number of aliphatic hydroxyl groups is 1. The monoisotopic (exact) mass is 287 g/mol. The molecule has 18 heavy (non-hydrogen) atoms. The molecule has 3 heteroatoms. The van der Waals surface area contributed by atoms with Crippen LogP contribution < -0.4 is 0 Å². The molecular formula is C15H21FeNO+2. The number of hydrogen-bond donors (Lipinski definition) is 1. The first-order valence-electron chi connectivity index (χ1n) is 5.85. The molecule has 0 heterocycles. The van der Waals surface area contributed by atoms with Crippen LogP contribution in [0.3, 0.4) is 0 Å². The van der Waals surface area contributed by atoms with Crippen molar-refractivity contribution >= 4 is 0 Å². The van der Waals surface area contributed by atoms with Crippen LogP contribution in [0.5, 0.6) is 0 Å². The summed E-state index contributed by atoms with van der Waals surface area (Å²) in [6.45, 7) is 2.70. The minimum atomic E-state index is -0.352. The second kappa shape index (κ2) is 10.3. The number of aliphatic hydroxyl groups excluding tert-OH is 1. The van der Waals surface area contributed by atoms with E-state index in [-0.39, 0.29) is 23.2 Å². The first kappa shape index (κ1) is 18.4. The van der Waals surface area contributed by atoms with Gasteiger partial charge in [-0.1, -0.05) is 0 Å². The fourth-order valence-corrected chi connectivity index (χ4v) is 1.68. The maximum Gasteiger partial charge on any atom is 2.00 e. The summed E-state index contributed by atoms with van der Waals surface area (Å²) in [6.07, 6.45) is 15.7. The third-order valence-corrected chi connectivity index (χ3v) is 2.44. The molecule has 98 valence electrons. The first-order valence-corrected chi connectivity index (χ1v) is 5.85. The maximum atomic E-state index is 9.39. The fourth-order valence-electron chi connectivity index (χ4n) is 1.68. The summed E-state index contributed by atoms with van der Waals surface area (Å²) >= 11 is 0. The van der Waals surface area contributed by atoms with Gasteiger partial charge >= 0.3 is 17.1 Å². The Hall–Kier alpha value is 0.439. The van der Waals surface area contributed by atoms with Crippen molar-refractivity contribution in [3.8, 4) is 0 Å². The van der Waals surface area contributed by atoms with Gasteiger partial charge in [0.15, 0.2) is 0 Å². The van der Waals surface area contributed by atoms with Gasteiger partial charge in [-0.25, -0.2) is 0 Å². The number of rotatable bonds is 3. The van der Waals surface area contributed by atoms with Crippen LogP contribution in [-0.2, 0) is 17.1 Å². The van der Waals surface area contributed by atoms with Gasteiger partial charge in [-0.3, -0.25) is 0 Å². The SMILES string of the molecule is CC(O)[C]1[CH][CH][CH][C]1CN(C)C.[CH]1[CH][CH][CH][CH]1.[Fe+2]. The summed E-state index contributed by atoms with van der Waals surface area (Å²) in [5.74, 6) is 2.26. The van der Waals surface area contributed by atoms with Gasteiger partial charge in [0.2, 0.25) is 0 Å². The third-order valence-electron chi connectivity index (χ3n) is 2.44. The van der Waals surface area contributed by atoms with Crippen LogP contribution in [0.15, 0.2) is 0 Å². The van der Waals surface area contributed by atoms with Crippen LogP contribution in [0, 0.1) is 63.2 Å². The molecule has 0 aromatic carbocycles. The van der Waals surface area contributed by atoms with Crippen molar-refractivity contribution in [2.45, 2.75) is 13.0 Å². The van der Waals surface area contributed by atoms with Gasteiger partial charge in [0.1, 0.15) is 0 Å². The van der Waals surface area contributed by atoms with Gasteiger partial charge in [0.25, 0.3) is 0 Å². The van der Waals surface area contributed by atoms with Crippen molar-refractivity contribution in [1.82, 2.24) is 4.90 Å². The van der Waals surface area contributed by atoms with Crippen molar-refractivity contribution < 1.29 is 22.2 Å². The molecule has 2 aliphatic carbocycles. The Morgan fingerprint density at radius 3 is 1.89 bits per heavy atom. The molecule has 0 saturated heterocycles. The molecule has 0 aromatic heterocycles. The quantitative estimate of drug-likeness (QED) is 0.799. The van der Waals surface area contributed by atoms with Gasteiger partial charge in [-0.15, -0.1) is 0 Å². The Labute approximate surface area is 124 Å². The summed E-state index contributed by atoms with van der Waals surface area (Å²) in [5, 5.41) is 9.39. The average Bonchev–Trinajstić information content (AvgIpc) is 2.88. The molecule has 1 N–H and O–H groups in total. The molecule has 10 radical (unpaired) electrons. The zero-order valence-corrected chi connectivity index (χ0v) is 12.3.